The molecular weight excluding hydrogens is 224 g/mol. The normalized spacial score (nSPS) is 12.9. The molecule has 0 aliphatic rings. The minimum Gasteiger partial charge on any atom is -0.543 e. The summed E-state index contributed by atoms with van der Waals surface area (Å²) in [6.07, 6.45) is 0. The van der Waals surface area contributed by atoms with E-state index in [0.717, 1.165) is 5.75 Å². The van der Waals surface area contributed by atoms with Crippen LogP contribution in [0.5, 0.6) is 5.75 Å². The molecule has 0 radical (unpaired) electrons. The summed E-state index contributed by atoms with van der Waals surface area (Å²) >= 11 is 0. The molecule has 0 atom stereocenters. The monoisotopic (exact) mass is 250 g/mol. The van der Waals surface area contributed by atoms with Crippen LogP contribution in [0.4, 0.5) is 0 Å². The van der Waals surface area contributed by atoms with Crippen molar-refractivity contribution in [2.24, 2.45) is 0 Å². The van der Waals surface area contributed by atoms with Crippen molar-refractivity contribution in [3.05, 3.63) is 29.8 Å². The van der Waals surface area contributed by atoms with Gasteiger partial charge in [-0.25, -0.2) is 0 Å². The molecule has 0 fully saturated rings. The Bertz CT molecular complexity index is 375. The van der Waals surface area contributed by atoms with Gasteiger partial charge in [0.15, 0.2) is 0 Å². The molecule has 96 valence electrons. The van der Waals surface area contributed by atoms with Crippen LogP contribution in [0.1, 0.15) is 46.1 Å². The zero-order valence-corrected chi connectivity index (χ0v) is 13.3. The predicted molar refractivity (Wildman–Crippen MR) is 78.4 cm³/mol. The predicted octanol–water partition coefficient (Wildman–Crippen LogP) is 5.19. The second-order valence-corrected chi connectivity index (χ2v) is 11.3. The Morgan fingerprint density at radius 3 is 2.06 bits per heavy atom. The van der Waals surface area contributed by atoms with E-state index in [1.807, 2.05) is 0 Å². The van der Waals surface area contributed by atoms with Crippen LogP contribution >= 0.6 is 0 Å². The van der Waals surface area contributed by atoms with Crippen LogP contribution in [0.2, 0.25) is 18.1 Å². The number of para-hydroxylation sites is 1. The van der Waals surface area contributed by atoms with Gasteiger partial charge in [-0.3, -0.25) is 0 Å². The fourth-order valence-electron chi connectivity index (χ4n) is 1.48. The van der Waals surface area contributed by atoms with Crippen LogP contribution < -0.4 is 4.43 Å². The topological polar surface area (TPSA) is 9.23 Å². The van der Waals surface area contributed by atoms with Crippen LogP contribution in [-0.4, -0.2) is 8.32 Å². The Morgan fingerprint density at radius 2 is 1.59 bits per heavy atom. The molecule has 0 aliphatic carbocycles. The van der Waals surface area contributed by atoms with Gasteiger partial charge >= 0.3 is 0 Å². The second-order valence-electron chi connectivity index (χ2n) is 6.55. The van der Waals surface area contributed by atoms with Crippen LogP contribution in [0, 0.1) is 0 Å². The highest BCUT2D eigenvalue weighted by Crippen LogP contribution is 2.39. The lowest BCUT2D eigenvalue weighted by molar-refractivity contribution is 0.484. The van der Waals surface area contributed by atoms with Crippen LogP contribution in [-0.2, 0) is 0 Å². The molecule has 0 bridgehead atoms. The van der Waals surface area contributed by atoms with E-state index in [1.165, 1.54) is 5.56 Å². The zero-order chi connectivity index (χ0) is 13.3. The number of hydrogen-bond acceptors (Lipinski definition) is 1. The van der Waals surface area contributed by atoms with E-state index in [1.54, 1.807) is 0 Å². The van der Waals surface area contributed by atoms with E-state index in [0.29, 0.717) is 5.92 Å². The lowest BCUT2D eigenvalue weighted by Gasteiger charge is -2.37. The van der Waals surface area contributed by atoms with Crippen LogP contribution in [0.15, 0.2) is 24.3 Å². The molecule has 0 N–H and O–H groups in total. The maximum atomic E-state index is 6.40. The summed E-state index contributed by atoms with van der Waals surface area (Å²) in [6, 6.07) is 8.44. The van der Waals surface area contributed by atoms with Gasteiger partial charge in [0, 0.05) is 0 Å². The van der Waals surface area contributed by atoms with E-state index in [2.05, 4.69) is 72.0 Å². The van der Waals surface area contributed by atoms with Crippen molar-refractivity contribution in [1.82, 2.24) is 0 Å². The molecule has 0 heterocycles. The first kappa shape index (κ1) is 14.3. The fourth-order valence-corrected chi connectivity index (χ4v) is 2.52. The van der Waals surface area contributed by atoms with Gasteiger partial charge in [0.05, 0.1) is 0 Å². The standard InChI is InChI=1S/C15H26OSi/c1-12(2)13-10-8-9-11-14(13)16-17(6,7)15(3,4)5/h8-12H,1-7H3. The molecule has 17 heavy (non-hydrogen) atoms. The molecule has 1 aromatic carbocycles. The second kappa shape index (κ2) is 4.85. The summed E-state index contributed by atoms with van der Waals surface area (Å²) < 4.78 is 6.40. The van der Waals surface area contributed by atoms with Crippen molar-refractivity contribution < 1.29 is 4.43 Å². The molecule has 0 spiro atoms. The highest BCUT2D eigenvalue weighted by atomic mass is 28.4. The molecule has 1 aromatic rings. The highest BCUT2D eigenvalue weighted by Gasteiger charge is 2.39. The maximum absolute atomic E-state index is 6.40. The smallest absolute Gasteiger partial charge is 0.250 e. The van der Waals surface area contributed by atoms with Gasteiger partial charge in [-0.2, -0.15) is 0 Å². The van der Waals surface area contributed by atoms with Gasteiger partial charge < -0.3 is 4.43 Å². The first-order chi connectivity index (χ1) is 7.65. The van der Waals surface area contributed by atoms with Gasteiger partial charge in [0.1, 0.15) is 5.75 Å². The van der Waals surface area contributed by atoms with Crippen molar-refractivity contribution in [3.8, 4) is 5.75 Å². The van der Waals surface area contributed by atoms with Gasteiger partial charge in [0.2, 0.25) is 8.32 Å². The molecule has 2 heteroatoms. The van der Waals surface area contributed by atoms with Gasteiger partial charge in [-0.05, 0) is 35.7 Å². The number of rotatable bonds is 3. The Kier molecular flexibility index (Phi) is 4.08. The molecule has 0 aromatic heterocycles. The molecule has 0 aliphatic heterocycles. The van der Waals surface area contributed by atoms with Crippen molar-refractivity contribution >= 4 is 8.32 Å². The Hall–Kier alpha value is -0.763. The van der Waals surface area contributed by atoms with Crippen molar-refractivity contribution in [3.63, 3.8) is 0 Å². The van der Waals surface area contributed by atoms with Crippen LogP contribution in [0.25, 0.3) is 0 Å². The summed E-state index contributed by atoms with van der Waals surface area (Å²) in [6.45, 7) is 15.8. The summed E-state index contributed by atoms with van der Waals surface area (Å²) in [5.74, 6) is 1.59. The quantitative estimate of drug-likeness (QED) is 0.670. The summed E-state index contributed by atoms with van der Waals surface area (Å²) in [4.78, 5) is 0. The lowest BCUT2D eigenvalue weighted by atomic mass is 10.0. The summed E-state index contributed by atoms with van der Waals surface area (Å²) in [5, 5.41) is 0.247. The Balaban J connectivity index is 3.04. The summed E-state index contributed by atoms with van der Waals surface area (Å²) in [7, 11) is -1.72. The maximum Gasteiger partial charge on any atom is 0.250 e. The van der Waals surface area contributed by atoms with E-state index >= 15 is 0 Å². The molecule has 1 nitrogen and oxygen atoms in total. The Morgan fingerprint density at radius 1 is 1.06 bits per heavy atom. The third-order valence-corrected chi connectivity index (χ3v) is 8.05. The van der Waals surface area contributed by atoms with Crippen LogP contribution in [0.3, 0.4) is 0 Å². The van der Waals surface area contributed by atoms with E-state index in [4.69, 9.17) is 4.43 Å². The number of benzene rings is 1. The third kappa shape index (κ3) is 3.35. The van der Waals surface area contributed by atoms with E-state index in [9.17, 15) is 0 Å². The molecule has 1 rings (SSSR count). The van der Waals surface area contributed by atoms with Gasteiger partial charge in [-0.1, -0.05) is 52.8 Å². The summed E-state index contributed by atoms with van der Waals surface area (Å²) in [5.41, 5.74) is 1.32. The number of hydrogen-bond donors (Lipinski definition) is 0. The largest absolute Gasteiger partial charge is 0.543 e. The minimum absolute atomic E-state index is 0.247. The highest BCUT2D eigenvalue weighted by molar-refractivity contribution is 6.74. The molecular formula is C15H26OSi. The average Bonchev–Trinajstić information content (AvgIpc) is 2.15. The van der Waals surface area contributed by atoms with Crippen molar-refractivity contribution in [1.29, 1.82) is 0 Å². The fraction of sp³-hybridized carbons (Fsp3) is 0.600. The first-order valence-electron chi connectivity index (χ1n) is 6.43. The zero-order valence-electron chi connectivity index (χ0n) is 12.3. The van der Waals surface area contributed by atoms with Gasteiger partial charge in [0.25, 0.3) is 0 Å². The van der Waals surface area contributed by atoms with Crippen molar-refractivity contribution in [2.45, 2.75) is 58.7 Å². The first-order valence-corrected chi connectivity index (χ1v) is 9.34. The van der Waals surface area contributed by atoms with E-state index in [-0.39, 0.29) is 5.04 Å². The Labute approximate surface area is 107 Å². The molecule has 0 unspecified atom stereocenters. The molecule has 0 saturated heterocycles. The molecule has 0 amide bonds. The third-order valence-electron chi connectivity index (χ3n) is 3.71. The van der Waals surface area contributed by atoms with E-state index < -0.39 is 8.32 Å². The van der Waals surface area contributed by atoms with Crippen molar-refractivity contribution in [2.75, 3.05) is 0 Å². The SMILES string of the molecule is CC(C)c1ccccc1O[Si](C)(C)C(C)(C)C. The average molecular weight is 250 g/mol. The lowest BCUT2D eigenvalue weighted by Crippen LogP contribution is -2.44. The minimum atomic E-state index is -1.72. The van der Waals surface area contributed by atoms with Gasteiger partial charge in [-0.15, -0.1) is 0 Å². The molecule has 0 saturated carbocycles.